The van der Waals surface area contributed by atoms with Gasteiger partial charge in [-0.05, 0) is 45.1 Å². The first-order chi connectivity index (χ1) is 11.6. The third kappa shape index (κ3) is 3.94. The molecule has 2 aliphatic rings. The Morgan fingerprint density at radius 2 is 2.04 bits per heavy atom. The molecule has 2 atom stereocenters. The molecule has 2 aromatic heterocycles. The molecule has 4 rings (SSSR count). The van der Waals surface area contributed by atoms with Crippen molar-refractivity contribution in [3.8, 4) is 0 Å². The number of carbonyl (C=O) groups excluding carboxylic acids is 1. The van der Waals surface area contributed by atoms with Gasteiger partial charge in [-0.3, -0.25) is 4.79 Å². The molecule has 2 aliphatic heterocycles. The molecule has 2 N–H and O–H groups in total. The summed E-state index contributed by atoms with van der Waals surface area (Å²) < 4.78 is 0. The molecular formula is C17H23ClN4OS2. The Kier molecular flexibility index (Phi) is 5.88. The number of hydrogen-bond acceptors (Lipinski definition) is 6. The van der Waals surface area contributed by atoms with Crippen LogP contribution in [0.25, 0.3) is 10.2 Å². The number of halogens is 1. The van der Waals surface area contributed by atoms with Crippen molar-refractivity contribution in [2.24, 2.45) is 0 Å². The van der Waals surface area contributed by atoms with E-state index in [1.54, 1.807) is 17.7 Å². The minimum atomic E-state index is 0. The predicted molar refractivity (Wildman–Crippen MR) is 106 cm³/mol. The van der Waals surface area contributed by atoms with E-state index in [1.165, 1.54) is 35.0 Å². The van der Waals surface area contributed by atoms with Crippen LogP contribution in [0.1, 0.15) is 36.1 Å². The number of fused-ring (bicyclic) bond motifs is 3. The van der Waals surface area contributed by atoms with Gasteiger partial charge in [-0.1, -0.05) is 11.8 Å². The second kappa shape index (κ2) is 7.78. The summed E-state index contributed by atoms with van der Waals surface area (Å²) in [4.78, 5) is 23.4. The number of amides is 1. The average molecular weight is 399 g/mol. The van der Waals surface area contributed by atoms with Crippen LogP contribution >= 0.6 is 35.5 Å². The predicted octanol–water partition coefficient (Wildman–Crippen LogP) is 3.22. The van der Waals surface area contributed by atoms with Crippen LogP contribution in [0.3, 0.4) is 0 Å². The van der Waals surface area contributed by atoms with Crippen LogP contribution in [0.4, 0.5) is 0 Å². The Hall–Kier alpha value is -0.890. The number of thioether (sulfide) groups is 1. The summed E-state index contributed by atoms with van der Waals surface area (Å²) in [5, 5.41) is 8.85. The highest BCUT2D eigenvalue weighted by atomic mass is 35.5. The smallest absolute Gasteiger partial charge is 0.230 e. The zero-order valence-electron chi connectivity index (χ0n) is 14.4. The van der Waals surface area contributed by atoms with E-state index in [9.17, 15) is 4.79 Å². The van der Waals surface area contributed by atoms with E-state index in [1.807, 2.05) is 0 Å². The molecule has 2 fully saturated rings. The Labute approximate surface area is 162 Å². The largest absolute Gasteiger partial charge is 0.353 e. The summed E-state index contributed by atoms with van der Waals surface area (Å²) in [5.41, 5.74) is 1.23. The lowest BCUT2D eigenvalue weighted by Gasteiger charge is -2.29. The van der Waals surface area contributed by atoms with Gasteiger partial charge in [0.2, 0.25) is 5.91 Å². The fourth-order valence-corrected chi connectivity index (χ4v) is 5.77. The van der Waals surface area contributed by atoms with Gasteiger partial charge in [0.1, 0.15) is 16.2 Å². The molecule has 2 bridgehead atoms. The first-order valence-electron chi connectivity index (χ1n) is 8.49. The Morgan fingerprint density at radius 3 is 2.76 bits per heavy atom. The first kappa shape index (κ1) is 18.9. The number of thiophene rings is 1. The lowest BCUT2D eigenvalue weighted by atomic mass is 10.00. The van der Waals surface area contributed by atoms with Crippen LogP contribution in [0.2, 0.25) is 0 Å². The highest BCUT2D eigenvalue weighted by Gasteiger charge is 2.33. The van der Waals surface area contributed by atoms with Gasteiger partial charge >= 0.3 is 0 Å². The molecule has 0 saturated carbocycles. The van der Waals surface area contributed by atoms with E-state index in [4.69, 9.17) is 0 Å². The van der Waals surface area contributed by atoms with E-state index in [2.05, 4.69) is 34.4 Å². The molecule has 2 unspecified atom stereocenters. The first-order valence-corrected chi connectivity index (χ1v) is 10.3. The molecule has 0 aromatic carbocycles. The van der Waals surface area contributed by atoms with Crippen LogP contribution < -0.4 is 10.6 Å². The van der Waals surface area contributed by atoms with E-state index < -0.39 is 0 Å². The fraction of sp³-hybridized carbons (Fsp3) is 0.588. The van der Waals surface area contributed by atoms with Crippen LogP contribution in [-0.2, 0) is 4.79 Å². The van der Waals surface area contributed by atoms with Crippen molar-refractivity contribution in [2.75, 3.05) is 5.75 Å². The zero-order valence-corrected chi connectivity index (χ0v) is 16.8. The van der Waals surface area contributed by atoms with Gasteiger partial charge < -0.3 is 10.6 Å². The van der Waals surface area contributed by atoms with Crippen molar-refractivity contribution in [3.05, 3.63) is 16.8 Å². The third-order valence-electron chi connectivity index (χ3n) is 5.11. The van der Waals surface area contributed by atoms with Crippen molar-refractivity contribution >= 4 is 51.6 Å². The van der Waals surface area contributed by atoms with Crippen LogP contribution in [-0.4, -0.2) is 39.8 Å². The number of aryl methyl sites for hydroxylation is 2. The fourth-order valence-electron chi connectivity index (χ4n) is 3.84. The Balaban J connectivity index is 0.00000182. The van der Waals surface area contributed by atoms with Crippen molar-refractivity contribution in [2.45, 2.75) is 62.7 Å². The summed E-state index contributed by atoms with van der Waals surface area (Å²) in [5.74, 6) is 0.530. The monoisotopic (exact) mass is 398 g/mol. The summed E-state index contributed by atoms with van der Waals surface area (Å²) in [7, 11) is 0. The molecule has 25 heavy (non-hydrogen) atoms. The van der Waals surface area contributed by atoms with E-state index in [0.717, 1.165) is 28.1 Å². The lowest BCUT2D eigenvalue weighted by molar-refractivity contribution is -0.119. The van der Waals surface area contributed by atoms with Crippen LogP contribution in [0.15, 0.2) is 11.4 Å². The van der Waals surface area contributed by atoms with Gasteiger partial charge in [0, 0.05) is 28.4 Å². The number of rotatable bonds is 4. The Bertz CT molecular complexity index is 769. The van der Waals surface area contributed by atoms with Gasteiger partial charge in [-0.2, -0.15) is 0 Å². The van der Waals surface area contributed by atoms with Gasteiger partial charge in [-0.25, -0.2) is 9.97 Å². The molecule has 8 heteroatoms. The molecule has 136 valence electrons. The molecule has 0 aliphatic carbocycles. The average Bonchev–Trinajstić information content (AvgIpc) is 3.05. The van der Waals surface area contributed by atoms with Gasteiger partial charge in [0.05, 0.1) is 5.75 Å². The quantitative estimate of drug-likeness (QED) is 0.611. The number of nitrogens with one attached hydrogen (secondary N) is 2. The molecule has 2 aromatic rings. The number of piperidine rings is 1. The minimum Gasteiger partial charge on any atom is -0.353 e. The molecule has 2 saturated heterocycles. The van der Waals surface area contributed by atoms with Crippen LogP contribution in [0.5, 0.6) is 0 Å². The van der Waals surface area contributed by atoms with Crippen molar-refractivity contribution < 1.29 is 4.79 Å². The van der Waals surface area contributed by atoms with E-state index in [0.29, 0.717) is 23.9 Å². The zero-order chi connectivity index (χ0) is 16.7. The third-order valence-corrected chi connectivity index (χ3v) is 7.21. The van der Waals surface area contributed by atoms with Crippen molar-refractivity contribution in [1.82, 2.24) is 20.6 Å². The minimum absolute atomic E-state index is 0. The summed E-state index contributed by atoms with van der Waals surface area (Å²) in [6.45, 7) is 4.21. The topological polar surface area (TPSA) is 66.9 Å². The molecule has 4 heterocycles. The standard InChI is InChI=1S/C17H22N4OS2.ClH/c1-9-10(2)24-17-15(9)16(18-8-19-17)23-7-14(22)21-13-5-11-3-4-12(6-13)20-11;/h8,11-13,20H,3-7H2,1-2H3,(H,21,22);1H. The maximum Gasteiger partial charge on any atom is 0.230 e. The normalized spacial score (nSPS) is 25.0. The van der Waals surface area contributed by atoms with Crippen molar-refractivity contribution in [3.63, 3.8) is 0 Å². The maximum atomic E-state index is 12.4. The summed E-state index contributed by atoms with van der Waals surface area (Å²) in [6, 6.07) is 1.52. The highest BCUT2D eigenvalue weighted by Crippen LogP contribution is 2.34. The van der Waals surface area contributed by atoms with E-state index >= 15 is 0 Å². The highest BCUT2D eigenvalue weighted by molar-refractivity contribution is 8.00. The molecule has 0 spiro atoms. The lowest BCUT2D eigenvalue weighted by Crippen LogP contribution is -2.48. The van der Waals surface area contributed by atoms with Crippen LogP contribution in [0, 0.1) is 13.8 Å². The summed E-state index contributed by atoms with van der Waals surface area (Å²) in [6.07, 6.45) is 6.23. The Morgan fingerprint density at radius 1 is 1.32 bits per heavy atom. The molecule has 0 radical (unpaired) electrons. The SMILES string of the molecule is Cc1sc2ncnc(SCC(=O)NC3CC4CCC(C3)N4)c2c1C.Cl. The van der Waals surface area contributed by atoms with E-state index in [-0.39, 0.29) is 18.3 Å². The molecular weight excluding hydrogens is 376 g/mol. The maximum absolute atomic E-state index is 12.4. The number of hydrogen-bond donors (Lipinski definition) is 2. The summed E-state index contributed by atoms with van der Waals surface area (Å²) >= 11 is 3.21. The number of aromatic nitrogens is 2. The number of carbonyl (C=O) groups is 1. The molecule has 1 amide bonds. The van der Waals surface area contributed by atoms with Gasteiger partial charge in [-0.15, -0.1) is 23.7 Å². The second-order valence-electron chi connectivity index (χ2n) is 6.80. The molecule has 5 nitrogen and oxygen atoms in total. The number of nitrogens with zero attached hydrogens (tertiary/aromatic N) is 2. The van der Waals surface area contributed by atoms with Gasteiger partial charge in [0.25, 0.3) is 0 Å². The second-order valence-corrected chi connectivity index (χ2v) is 8.97. The van der Waals surface area contributed by atoms with Crippen molar-refractivity contribution in [1.29, 1.82) is 0 Å². The van der Waals surface area contributed by atoms with Gasteiger partial charge in [0.15, 0.2) is 0 Å².